The maximum atomic E-state index is 13.2. The van der Waals surface area contributed by atoms with Crippen LogP contribution >= 0.6 is 0 Å². The van der Waals surface area contributed by atoms with Crippen LogP contribution in [0.5, 0.6) is 0 Å². The van der Waals surface area contributed by atoms with Gasteiger partial charge in [0, 0.05) is 38.4 Å². The quantitative estimate of drug-likeness (QED) is 0.738. The number of hydrogen-bond acceptors (Lipinski definition) is 4. The van der Waals surface area contributed by atoms with Crippen molar-refractivity contribution in [1.82, 2.24) is 15.1 Å². The summed E-state index contributed by atoms with van der Waals surface area (Å²) in [5.74, 6) is 0.0817. The molecule has 0 aliphatic carbocycles. The van der Waals surface area contributed by atoms with E-state index >= 15 is 0 Å². The van der Waals surface area contributed by atoms with Crippen LogP contribution in [0.15, 0.2) is 42.5 Å². The summed E-state index contributed by atoms with van der Waals surface area (Å²) in [6.45, 7) is 9.97. The van der Waals surface area contributed by atoms with E-state index in [-0.39, 0.29) is 11.8 Å². The van der Waals surface area contributed by atoms with Crippen molar-refractivity contribution >= 4 is 23.2 Å². The van der Waals surface area contributed by atoms with Gasteiger partial charge in [-0.3, -0.25) is 14.5 Å². The van der Waals surface area contributed by atoms with Gasteiger partial charge in [-0.25, -0.2) is 0 Å². The molecule has 1 saturated heterocycles. The second-order valence-electron chi connectivity index (χ2n) is 7.84. The molecule has 1 fully saturated rings. The summed E-state index contributed by atoms with van der Waals surface area (Å²) in [4.78, 5) is 29.1. The molecule has 0 radical (unpaired) electrons. The lowest BCUT2D eigenvalue weighted by atomic mass is 10.1. The third kappa shape index (κ3) is 5.39. The molecule has 2 aromatic rings. The summed E-state index contributed by atoms with van der Waals surface area (Å²) in [5, 5.41) is 6.35. The summed E-state index contributed by atoms with van der Waals surface area (Å²) in [6, 6.07) is 13.8. The van der Waals surface area contributed by atoms with E-state index in [4.69, 9.17) is 0 Å². The van der Waals surface area contributed by atoms with Crippen molar-refractivity contribution in [2.45, 2.75) is 27.2 Å². The van der Waals surface area contributed by atoms with E-state index in [2.05, 4.69) is 35.4 Å². The number of piperazine rings is 1. The number of nitrogens with zero attached hydrogens (tertiary/aromatic N) is 2. The highest BCUT2D eigenvalue weighted by Gasteiger charge is 2.24. The zero-order chi connectivity index (χ0) is 21.5. The maximum absolute atomic E-state index is 13.2. The number of benzene rings is 2. The van der Waals surface area contributed by atoms with Crippen LogP contribution < -0.4 is 10.6 Å². The average Bonchev–Trinajstić information content (AvgIpc) is 2.76. The van der Waals surface area contributed by atoms with Crippen LogP contribution in [0, 0.1) is 13.8 Å². The molecule has 2 N–H and O–H groups in total. The van der Waals surface area contributed by atoms with Gasteiger partial charge in [-0.15, -0.1) is 0 Å². The first-order valence-electron chi connectivity index (χ1n) is 10.7. The first-order chi connectivity index (χ1) is 14.5. The van der Waals surface area contributed by atoms with Crippen LogP contribution in [-0.2, 0) is 4.79 Å². The van der Waals surface area contributed by atoms with Crippen LogP contribution in [0.3, 0.4) is 0 Å². The summed E-state index contributed by atoms with van der Waals surface area (Å²) in [7, 11) is 0. The Morgan fingerprint density at radius 2 is 1.63 bits per heavy atom. The summed E-state index contributed by atoms with van der Waals surface area (Å²) < 4.78 is 0. The van der Waals surface area contributed by atoms with E-state index in [0.29, 0.717) is 44.8 Å². The van der Waals surface area contributed by atoms with Crippen molar-refractivity contribution in [2.75, 3.05) is 44.6 Å². The Bertz CT molecular complexity index is 889. The highest BCUT2D eigenvalue weighted by Crippen LogP contribution is 2.26. The fraction of sp³-hybridized carbons (Fsp3) is 0.417. The predicted molar refractivity (Wildman–Crippen MR) is 121 cm³/mol. The first kappa shape index (κ1) is 21.8. The molecule has 0 aromatic heterocycles. The molecule has 6 nitrogen and oxygen atoms in total. The molecule has 6 heteroatoms. The first-order valence-corrected chi connectivity index (χ1v) is 10.7. The summed E-state index contributed by atoms with van der Waals surface area (Å²) >= 11 is 0. The molecule has 0 saturated carbocycles. The third-order valence-electron chi connectivity index (χ3n) is 5.63. The number of hydrogen-bond donors (Lipinski definition) is 2. The molecule has 1 aliphatic rings. The van der Waals surface area contributed by atoms with Crippen molar-refractivity contribution in [2.24, 2.45) is 0 Å². The second kappa shape index (κ2) is 10.3. The number of carbonyl (C=O) groups excluding carboxylic acids is 2. The second-order valence-corrected chi connectivity index (χ2v) is 7.84. The Balaban J connectivity index is 1.64. The van der Waals surface area contributed by atoms with Crippen LogP contribution in [0.1, 0.15) is 34.8 Å². The average molecular weight is 409 g/mol. The Hall–Kier alpha value is -2.86. The molecule has 3 rings (SSSR count). The minimum atomic E-state index is 0.0264. The van der Waals surface area contributed by atoms with Gasteiger partial charge in [0.1, 0.15) is 0 Å². The Kier molecular flexibility index (Phi) is 7.46. The predicted octanol–water partition coefficient (Wildman–Crippen LogP) is 3.33. The van der Waals surface area contributed by atoms with E-state index in [1.165, 1.54) is 11.1 Å². The fourth-order valence-electron chi connectivity index (χ4n) is 3.61. The minimum absolute atomic E-state index is 0.0264. The van der Waals surface area contributed by atoms with Gasteiger partial charge < -0.3 is 15.5 Å². The summed E-state index contributed by atoms with van der Waals surface area (Å²) in [6.07, 6.45) is 0.934. The van der Waals surface area contributed by atoms with Crippen LogP contribution in [-0.4, -0.2) is 60.9 Å². The molecule has 0 spiro atoms. The Morgan fingerprint density at radius 3 is 2.37 bits per heavy atom. The molecule has 0 unspecified atom stereocenters. The summed E-state index contributed by atoms with van der Waals surface area (Å²) in [5.41, 5.74) is 4.89. The Morgan fingerprint density at radius 1 is 0.933 bits per heavy atom. The zero-order valence-electron chi connectivity index (χ0n) is 18.2. The van der Waals surface area contributed by atoms with Crippen molar-refractivity contribution in [1.29, 1.82) is 0 Å². The van der Waals surface area contributed by atoms with Gasteiger partial charge in [0.05, 0.1) is 17.8 Å². The Labute approximate surface area is 179 Å². The third-order valence-corrected chi connectivity index (χ3v) is 5.63. The number of para-hydroxylation sites is 1. The van der Waals surface area contributed by atoms with Crippen LogP contribution in [0.4, 0.5) is 11.4 Å². The molecule has 0 atom stereocenters. The van der Waals surface area contributed by atoms with Crippen LogP contribution in [0.25, 0.3) is 0 Å². The molecule has 160 valence electrons. The molecule has 0 bridgehead atoms. The number of amides is 2. The molecule has 1 heterocycles. The lowest BCUT2D eigenvalue weighted by Gasteiger charge is -2.34. The molecule has 30 heavy (non-hydrogen) atoms. The van der Waals surface area contributed by atoms with Gasteiger partial charge in [0.2, 0.25) is 5.91 Å². The van der Waals surface area contributed by atoms with Gasteiger partial charge in [-0.1, -0.05) is 31.2 Å². The van der Waals surface area contributed by atoms with Crippen molar-refractivity contribution < 1.29 is 9.59 Å². The van der Waals surface area contributed by atoms with E-state index in [0.717, 1.165) is 17.8 Å². The van der Waals surface area contributed by atoms with E-state index in [1.807, 2.05) is 48.2 Å². The molecular formula is C24H32N4O2. The lowest BCUT2D eigenvalue weighted by Crippen LogP contribution is -2.51. The number of aryl methyl sites for hydroxylation is 1. The fourth-order valence-corrected chi connectivity index (χ4v) is 3.61. The SMILES string of the molecule is CCCNC(=O)CN1CCN(C(=O)c2ccccc2Nc2cccc(C)c2C)CC1. The van der Waals surface area contributed by atoms with E-state index in [1.54, 1.807) is 0 Å². The number of rotatable bonds is 7. The lowest BCUT2D eigenvalue weighted by molar-refractivity contribution is -0.122. The zero-order valence-corrected chi connectivity index (χ0v) is 18.2. The monoisotopic (exact) mass is 408 g/mol. The number of nitrogens with one attached hydrogen (secondary N) is 2. The smallest absolute Gasteiger partial charge is 0.256 e. The topological polar surface area (TPSA) is 64.7 Å². The molecule has 2 aromatic carbocycles. The number of anilines is 2. The standard InChI is InChI=1S/C24H32N4O2/c1-4-12-25-23(29)17-27-13-15-28(16-14-27)24(30)20-9-5-6-10-22(20)26-21-11-7-8-18(2)19(21)3/h5-11,26H,4,12-17H2,1-3H3,(H,25,29). The molecule has 1 aliphatic heterocycles. The maximum Gasteiger partial charge on any atom is 0.256 e. The largest absolute Gasteiger partial charge is 0.355 e. The van der Waals surface area contributed by atoms with E-state index in [9.17, 15) is 9.59 Å². The van der Waals surface area contributed by atoms with Gasteiger partial charge in [-0.05, 0) is 49.6 Å². The van der Waals surface area contributed by atoms with Crippen molar-refractivity contribution in [3.8, 4) is 0 Å². The van der Waals surface area contributed by atoms with E-state index < -0.39 is 0 Å². The molecular weight excluding hydrogens is 376 g/mol. The van der Waals surface area contributed by atoms with Gasteiger partial charge >= 0.3 is 0 Å². The van der Waals surface area contributed by atoms with Gasteiger partial charge in [-0.2, -0.15) is 0 Å². The van der Waals surface area contributed by atoms with Crippen LogP contribution in [0.2, 0.25) is 0 Å². The molecule has 2 amide bonds. The highest BCUT2D eigenvalue weighted by molar-refractivity contribution is 6.00. The van der Waals surface area contributed by atoms with Crippen molar-refractivity contribution in [3.05, 3.63) is 59.2 Å². The van der Waals surface area contributed by atoms with Gasteiger partial charge in [0.25, 0.3) is 5.91 Å². The van der Waals surface area contributed by atoms with Crippen molar-refractivity contribution in [3.63, 3.8) is 0 Å². The number of carbonyl (C=O) groups is 2. The van der Waals surface area contributed by atoms with Gasteiger partial charge in [0.15, 0.2) is 0 Å². The minimum Gasteiger partial charge on any atom is -0.355 e. The highest BCUT2D eigenvalue weighted by atomic mass is 16.2. The normalized spacial score (nSPS) is 14.4.